The third-order valence-corrected chi connectivity index (χ3v) is 5.61. The maximum Gasteiger partial charge on any atom is 0.0803 e. The van der Waals surface area contributed by atoms with Crippen LogP contribution in [0.5, 0.6) is 0 Å². The van der Waals surface area contributed by atoms with Gasteiger partial charge in [0, 0.05) is 12.1 Å². The van der Waals surface area contributed by atoms with Gasteiger partial charge < -0.3 is 10.4 Å². The first-order valence-electron chi connectivity index (χ1n) is 6.23. The zero-order valence-electron chi connectivity index (χ0n) is 8.63. The zero-order valence-corrected chi connectivity index (χ0v) is 8.63. The van der Waals surface area contributed by atoms with Gasteiger partial charge >= 0.3 is 0 Å². The summed E-state index contributed by atoms with van der Waals surface area (Å²) in [6, 6.07) is 1.24. The first kappa shape index (κ1) is 8.12. The molecule has 4 atom stereocenters. The monoisotopic (exact) mass is 193 g/mol. The Morgan fingerprint density at radius 2 is 1.93 bits per heavy atom. The van der Waals surface area contributed by atoms with E-state index in [1.165, 1.54) is 32.1 Å². The Kier molecular flexibility index (Phi) is 1.27. The van der Waals surface area contributed by atoms with E-state index in [1.807, 2.05) is 0 Å². The SMILES string of the molecule is OC1([C@H]2NC3CC34CCC24)CCCC1. The van der Waals surface area contributed by atoms with Crippen molar-refractivity contribution in [3.05, 3.63) is 0 Å². The van der Waals surface area contributed by atoms with E-state index in [1.54, 1.807) is 0 Å². The van der Waals surface area contributed by atoms with Crippen LogP contribution in [-0.4, -0.2) is 22.8 Å². The molecule has 3 saturated carbocycles. The molecule has 14 heavy (non-hydrogen) atoms. The van der Waals surface area contributed by atoms with Gasteiger partial charge in [-0.05, 0) is 43.4 Å². The van der Waals surface area contributed by atoms with Crippen LogP contribution in [0.2, 0.25) is 0 Å². The molecule has 4 fully saturated rings. The van der Waals surface area contributed by atoms with Crippen molar-refractivity contribution in [2.45, 2.75) is 62.6 Å². The number of piperidine rings is 1. The lowest BCUT2D eigenvalue weighted by Crippen LogP contribution is -2.53. The molecule has 0 radical (unpaired) electrons. The lowest BCUT2D eigenvalue weighted by atomic mass is 9.64. The van der Waals surface area contributed by atoms with E-state index in [0.717, 1.165) is 24.8 Å². The summed E-state index contributed by atoms with van der Waals surface area (Å²) in [5.41, 5.74) is 0.356. The molecular weight excluding hydrogens is 174 g/mol. The lowest BCUT2D eigenvalue weighted by Gasteiger charge is -2.43. The van der Waals surface area contributed by atoms with Gasteiger partial charge in [-0.2, -0.15) is 0 Å². The zero-order chi connectivity index (χ0) is 9.39. The Hall–Kier alpha value is -0.0800. The molecule has 0 bridgehead atoms. The van der Waals surface area contributed by atoms with Crippen LogP contribution < -0.4 is 5.32 Å². The molecule has 4 aliphatic rings. The topological polar surface area (TPSA) is 32.3 Å². The molecule has 2 N–H and O–H groups in total. The second kappa shape index (κ2) is 2.19. The number of aliphatic hydroxyl groups is 1. The van der Waals surface area contributed by atoms with E-state index < -0.39 is 0 Å². The van der Waals surface area contributed by atoms with E-state index in [-0.39, 0.29) is 5.60 Å². The maximum atomic E-state index is 10.6. The molecule has 4 rings (SSSR count). The lowest BCUT2D eigenvalue weighted by molar-refractivity contribution is -0.0306. The van der Waals surface area contributed by atoms with Crippen molar-refractivity contribution in [1.29, 1.82) is 0 Å². The Labute approximate surface area is 85.1 Å². The van der Waals surface area contributed by atoms with E-state index in [2.05, 4.69) is 5.32 Å². The summed E-state index contributed by atoms with van der Waals surface area (Å²) in [5.74, 6) is 0.829. The molecule has 2 heteroatoms. The fraction of sp³-hybridized carbons (Fsp3) is 1.00. The molecule has 1 spiro atoms. The highest BCUT2D eigenvalue weighted by Gasteiger charge is 2.73. The molecule has 78 valence electrons. The van der Waals surface area contributed by atoms with Gasteiger partial charge in [0.05, 0.1) is 5.60 Å². The van der Waals surface area contributed by atoms with Crippen molar-refractivity contribution in [3.63, 3.8) is 0 Å². The van der Waals surface area contributed by atoms with Crippen LogP contribution in [-0.2, 0) is 0 Å². The predicted octanol–water partition coefficient (Wildman–Crippen LogP) is 1.43. The molecule has 3 aliphatic carbocycles. The van der Waals surface area contributed by atoms with E-state index >= 15 is 0 Å². The summed E-state index contributed by atoms with van der Waals surface area (Å²) in [6.07, 6.45) is 8.77. The van der Waals surface area contributed by atoms with Crippen LogP contribution in [0.4, 0.5) is 0 Å². The van der Waals surface area contributed by atoms with Crippen molar-refractivity contribution in [2.75, 3.05) is 0 Å². The Morgan fingerprint density at radius 1 is 1.14 bits per heavy atom. The number of hydrogen-bond donors (Lipinski definition) is 2. The summed E-state index contributed by atoms with van der Waals surface area (Å²) in [4.78, 5) is 0. The van der Waals surface area contributed by atoms with Gasteiger partial charge in [0.15, 0.2) is 0 Å². The molecule has 0 aromatic heterocycles. The summed E-state index contributed by atoms with van der Waals surface area (Å²) in [7, 11) is 0. The second-order valence-corrected chi connectivity index (χ2v) is 6.09. The van der Waals surface area contributed by atoms with E-state index in [9.17, 15) is 5.11 Å². The Morgan fingerprint density at radius 3 is 2.50 bits per heavy atom. The number of rotatable bonds is 1. The third-order valence-electron chi connectivity index (χ3n) is 5.61. The van der Waals surface area contributed by atoms with Crippen LogP contribution in [0.25, 0.3) is 0 Å². The van der Waals surface area contributed by atoms with Crippen molar-refractivity contribution >= 4 is 0 Å². The fourth-order valence-corrected chi connectivity index (χ4v) is 4.57. The van der Waals surface area contributed by atoms with Crippen LogP contribution in [0.3, 0.4) is 0 Å². The summed E-state index contributed by atoms with van der Waals surface area (Å²) >= 11 is 0. The van der Waals surface area contributed by atoms with E-state index in [4.69, 9.17) is 0 Å². The minimum absolute atomic E-state index is 0.328. The average molecular weight is 193 g/mol. The largest absolute Gasteiger partial charge is 0.388 e. The maximum absolute atomic E-state index is 10.6. The van der Waals surface area contributed by atoms with Gasteiger partial charge in [-0.1, -0.05) is 12.8 Å². The summed E-state index contributed by atoms with van der Waals surface area (Å²) in [5, 5.41) is 14.3. The molecule has 0 aromatic rings. The van der Waals surface area contributed by atoms with Gasteiger partial charge in [0.25, 0.3) is 0 Å². The minimum atomic E-state index is -0.328. The normalized spacial score (nSPS) is 57.6. The quantitative estimate of drug-likeness (QED) is 0.660. The van der Waals surface area contributed by atoms with Crippen molar-refractivity contribution < 1.29 is 5.11 Å². The summed E-state index contributed by atoms with van der Waals surface area (Å²) in [6.45, 7) is 0. The van der Waals surface area contributed by atoms with Gasteiger partial charge in [-0.15, -0.1) is 0 Å². The number of hydrogen-bond acceptors (Lipinski definition) is 2. The molecule has 0 aromatic carbocycles. The highest BCUT2D eigenvalue weighted by atomic mass is 16.3. The van der Waals surface area contributed by atoms with Gasteiger partial charge in [-0.3, -0.25) is 0 Å². The molecule has 3 unspecified atom stereocenters. The predicted molar refractivity (Wildman–Crippen MR) is 53.9 cm³/mol. The minimum Gasteiger partial charge on any atom is -0.388 e. The number of nitrogens with one attached hydrogen (secondary N) is 1. The van der Waals surface area contributed by atoms with Crippen molar-refractivity contribution in [3.8, 4) is 0 Å². The first-order valence-corrected chi connectivity index (χ1v) is 6.23. The molecule has 1 aliphatic heterocycles. The average Bonchev–Trinajstić information content (AvgIpc) is 2.65. The Balaban J connectivity index is 1.62. The molecule has 1 saturated heterocycles. The first-order chi connectivity index (χ1) is 6.75. The summed E-state index contributed by atoms with van der Waals surface area (Å²) < 4.78 is 0. The standard InChI is InChI=1S/C12H19NO/c14-12(4-1-2-5-12)10-8-3-6-11(8)7-9(11)13-10/h8-10,13-14H,1-7H2/t8?,9?,10-,11?/m0/s1. The van der Waals surface area contributed by atoms with Crippen LogP contribution >= 0.6 is 0 Å². The van der Waals surface area contributed by atoms with Gasteiger partial charge in [-0.25, -0.2) is 0 Å². The second-order valence-electron chi connectivity index (χ2n) is 6.09. The highest BCUT2D eigenvalue weighted by molar-refractivity contribution is 5.27. The Bertz CT molecular complexity index is 280. The van der Waals surface area contributed by atoms with Gasteiger partial charge in [0.1, 0.15) is 0 Å². The van der Waals surface area contributed by atoms with Crippen molar-refractivity contribution in [1.82, 2.24) is 5.32 Å². The van der Waals surface area contributed by atoms with Crippen LogP contribution in [0.15, 0.2) is 0 Å². The van der Waals surface area contributed by atoms with Gasteiger partial charge in [0.2, 0.25) is 0 Å². The fourth-order valence-electron chi connectivity index (χ4n) is 4.57. The third kappa shape index (κ3) is 0.737. The molecule has 1 heterocycles. The molecule has 2 nitrogen and oxygen atoms in total. The smallest absolute Gasteiger partial charge is 0.0803 e. The van der Waals surface area contributed by atoms with Crippen LogP contribution in [0, 0.1) is 11.3 Å². The van der Waals surface area contributed by atoms with Crippen LogP contribution in [0.1, 0.15) is 44.9 Å². The highest BCUT2D eigenvalue weighted by Crippen LogP contribution is 2.70. The molecule has 0 amide bonds. The van der Waals surface area contributed by atoms with E-state index in [0.29, 0.717) is 11.5 Å². The molecular formula is C12H19NO. The van der Waals surface area contributed by atoms with Crippen molar-refractivity contribution in [2.24, 2.45) is 11.3 Å².